The van der Waals surface area contributed by atoms with Crippen molar-refractivity contribution < 1.29 is 0 Å². The number of rotatable bonds is 10. The fourth-order valence-corrected chi connectivity index (χ4v) is 3.98. The van der Waals surface area contributed by atoms with Gasteiger partial charge in [0.15, 0.2) is 10.2 Å². The first-order chi connectivity index (χ1) is 16.5. The number of thiocarbonyl (C=S) groups is 2. The average Bonchev–Trinajstić information content (AvgIpc) is 2.88. The summed E-state index contributed by atoms with van der Waals surface area (Å²) in [6.45, 7) is 13.6. The van der Waals surface area contributed by atoms with Gasteiger partial charge >= 0.3 is 0 Å². The Labute approximate surface area is 215 Å². The number of aryl methyl sites for hydroxylation is 1. The average molecular weight is 497 g/mol. The van der Waals surface area contributed by atoms with E-state index in [0.717, 1.165) is 43.7 Å². The Morgan fingerprint density at radius 2 is 1.06 bits per heavy atom. The topological polar surface area (TPSA) is 55.3 Å². The van der Waals surface area contributed by atoms with E-state index < -0.39 is 0 Å². The third kappa shape index (κ3) is 7.60. The minimum Gasteiger partial charge on any atom is -0.348 e. The van der Waals surface area contributed by atoms with Gasteiger partial charge in [-0.25, -0.2) is 0 Å². The molecule has 6 nitrogen and oxygen atoms in total. The van der Waals surface area contributed by atoms with Crippen LogP contribution in [0.2, 0.25) is 0 Å². The minimum absolute atomic E-state index is 0.575. The van der Waals surface area contributed by atoms with Crippen LogP contribution >= 0.6 is 24.4 Å². The zero-order chi connectivity index (χ0) is 24.9. The lowest BCUT2D eigenvalue weighted by atomic mass is 9.98. The van der Waals surface area contributed by atoms with E-state index in [1.165, 1.54) is 5.56 Å². The standard InChI is InChI=1S/C26H36N6S2/c1-6-20-16-18-22(19-17-20)24(28-30-26(34)32(9-4)10-5)23(21-14-12-11-13-15-21)27-29-25(33)31(7-2)8-3/h11-19H,6-10H2,1-5H3,(H,29,33)(H,30,34). The number of hydrazone groups is 2. The molecule has 2 N–H and O–H groups in total. The van der Waals surface area contributed by atoms with Crippen LogP contribution in [0.15, 0.2) is 64.8 Å². The summed E-state index contributed by atoms with van der Waals surface area (Å²) in [6, 6.07) is 18.4. The van der Waals surface area contributed by atoms with Crippen molar-refractivity contribution in [3.8, 4) is 0 Å². The van der Waals surface area contributed by atoms with Crippen LogP contribution in [-0.2, 0) is 6.42 Å². The molecule has 182 valence electrons. The Morgan fingerprint density at radius 1 is 0.647 bits per heavy atom. The highest BCUT2D eigenvalue weighted by Crippen LogP contribution is 2.12. The molecule has 0 bridgehead atoms. The Kier molecular flexibility index (Phi) is 11.6. The smallest absolute Gasteiger partial charge is 0.189 e. The van der Waals surface area contributed by atoms with Crippen LogP contribution in [-0.4, -0.2) is 57.6 Å². The van der Waals surface area contributed by atoms with Crippen molar-refractivity contribution in [3.05, 3.63) is 71.3 Å². The first-order valence-electron chi connectivity index (χ1n) is 11.9. The molecule has 0 unspecified atom stereocenters. The van der Waals surface area contributed by atoms with Crippen LogP contribution in [0.4, 0.5) is 0 Å². The molecule has 8 heteroatoms. The molecule has 0 spiro atoms. The molecule has 2 rings (SSSR count). The molecule has 0 fully saturated rings. The maximum atomic E-state index is 5.58. The highest BCUT2D eigenvalue weighted by Gasteiger charge is 2.17. The predicted molar refractivity (Wildman–Crippen MR) is 153 cm³/mol. The second-order valence-electron chi connectivity index (χ2n) is 7.52. The van der Waals surface area contributed by atoms with Crippen molar-refractivity contribution in [2.24, 2.45) is 10.2 Å². The van der Waals surface area contributed by atoms with E-state index in [1.54, 1.807) is 0 Å². The summed E-state index contributed by atoms with van der Waals surface area (Å²) < 4.78 is 0. The first kappa shape index (κ1) is 27.4. The molecular weight excluding hydrogens is 460 g/mol. The van der Waals surface area contributed by atoms with Crippen molar-refractivity contribution in [1.29, 1.82) is 0 Å². The molecule has 2 aromatic rings. The van der Waals surface area contributed by atoms with Gasteiger partial charge in [0, 0.05) is 37.3 Å². The highest BCUT2D eigenvalue weighted by molar-refractivity contribution is 7.80. The normalized spacial score (nSPS) is 11.7. The van der Waals surface area contributed by atoms with Crippen molar-refractivity contribution >= 4 is 46.1 Å². The van der Waals surface area contributed by atoms with E-state index in [9.17, 15) is 0 Å². The van der Waals surface area contributed by atoms with Crippen LogP contribution in [0, 0.1) is 0 Å². The zero-order valence-corrected chi connectivity index (χ0v) is 22.5. The van der Waals surface area contributed by atoms with Crippen LogP contribution in [0.1, 0.15) is 51.3 Å². The van der Waals surface area contributed by atoms with Crippen molar-refractivity contribution in [3.63, 3.8) is 0 Å². The van der Waals surface area contributed by atoms with Crippen LogP contribution in [0.25, 0.3) is 0 Å². The fourth-order valence-electron chi connectivity index (χ4n) is 3.37. The summed E-state index contributed by atoms with van der Waals surface area (Å²) in [5.41, 5.74) is 10.6. The van der Waals surface area contributed by atoms with Gasteiger partial charge in [-0.15, -0.1) is 0 Å². The largest absolute Gasteiger partial charge is 0.348 e. The lowest BCUT2D eigenvalue weighted by Gasteiger charge is -2.22. The number of nitrogens with one attached hydrogen (secondary N) is 2. The third-order valence-electron chi connectivity index (χ3n) is 5.54. The maximum absolute atomic E-state index is 5.58. The van der Waals surface area contributed by atoms with Crippen molar-refractivity contribution in [2.45, 2.75) is 41.0 Å². The van der Waals surface area contributed by atoms with Gasteiger partial charge in [-0.3, -0.25) is 10.9 Å². The second kappa shape index (κ2) is 14.4. The summed E-state index contributed by atoms with van der Waals surface area (Å²) >= 11 is 11.2. The SMILES string of the molecule is CCc1ccc(C(=NNC(=S)N(CC)CC)C(=NNC(=S)N(CC)CC)c2ccccc2)cc1. The fraction of sp³-hybridized carbons (Fsp3) is 0.385. The van der Waals surface area contributed by atoms with Gasteiger partial charge in [0.25, 0.3) is 0 Å². The van der Waals surface area contributed by atoms with Gasteiger partial charge in [0.2, 0.25) is 0 Å². The molecule has 0 radical (unpaired) electrons. The number of hydrogen-bond donors (Lipinski definition) is 2. The molecule has 0 aliphatic rings. The Balaban J connectivity index is 2.57. The summed E-state index contributed by atoms with van der Waals surface area (Å²) in [4.78, 5) is 4.09. The molecule has 0 atom stereocenters. The molecule has 0 saturated heterocycles. The molecule has 2 aromatic carbocycles. The quantitative estimate of drug-likeness (QED) is 0.280. The van der Waals surface area contributed by atoms with Gasteiger partial charge in [0.05, 0.1) is 0 Å². The van der Waals surface area contributed by atoms with Gasteiger partial charge < -0.3 is 9.80 Å². The molecule has 0 amide bonds. The number of benzene rings is 2. The van der Waals surface area contributed by atoms with E-state index in [4.69, 9.17) is 34.6 Å². The van der Waals surface area contributed by atoms with Gasteiger partial charge in [0.1, 0.15) is 11.4 Å². The third-order valence-corrected chi connectivity index (χ3v) is 6.23. The molecule has 0 saturated carbocycles. The zero-order valence-electron chi connectivity index (χ0n) is 20.8. The van der Waals surface area contributed by atoms with Gasteiger partial charge in [-0.2, -0.15) is 10.2 Å². The maximum Gasteiger partial charge on any atom is 0.189 e. The van der Waals surface area contributed by atoms with E-state index in [1.807, 2.05) is 40.1 Å². The Hall–Kier alpha value is -2.84. The van der Waals surface area contributed by atoms with Crippen LogP contribution < -0.4 is 10.9 Å². The molecule has 0 aromatic heterocycles. The van der Waals surface area contributed by atoms with E-state index >= 15 is 0 Å². The summed E-state index contributed by atoms with van der Waals surface area (Å²) in [7, 11) is 0. The molecule has 34 heavy (non-hydrogen) atoms. The lowest BCUT2D eigenvalue weighted by molar-refractivity contribution is 0.457. The monoisotopic (exact) mass is 496 g/mol. The summed E-state index contributed by atoms with van der Waals surface area (Å²) in [5, 5.41) is 10.7. The minimum atomic E-state index is 0.575. The highest BCUT2D eigenvalue weighted by atomic mass is 32.1. The van der Waals surface area contributed by atoms with E-state index in [-0.39, 0.29) is 0 Å². The summed E-state index contributed by atoms with van der Waals surface area (Å²) in [5.74, 6) is 0. The lowest BCUT2D eigenvalue weighted by Crippen LogP contribution is -2.39. The van der Waals surface area contributed by atoms with E-state index in [2.05, 4.69) is 69.7 Å². The molecular formula is C26H36N6S2. The molecule has 0 aliphatic heterocycles. The van der Waals surface area contributed by atoms with Crippen molar-refractivity contribution in [2.75, 3.05) is 26.2 Å². The molecule has 0 heterocycles. The number of hydrogen-bond acceptors (Lipinski definition) is 4. The first-order valence-corrected chi connectivity index (χ1v) is 12.7. The van der Waals surface area contributed by atoms with Crippen LogP contribution in [0.5, 0.6) is 0 Å². The van der Waals surface area contributed by atoms with Gasteiger partial charge in [-0.1, -0.05) is 61.5 Å². The second-order valence-corrected chi connectivity index (χ2v) is 8.29. The van der Waals surface area contributed by atoms with Gasteiger partial charge in [-0.05, 0) is 64.1 Å². The van der Waals surface area contributed by atoms with Crippen LogP contribution in [0.3, 0.4) is 0 Å². The predicted octanol–water partition coefficient (Wildman–Crippen LogP) is 4.79. The Morgan fingerprint density at radius 3 is 1.44 bits per heavy atom. The summed E-state index contributed by atoms with van der Waals surface area (Å²) in [6.07, 6.45) is 0.969. The van der Waals surface area contributed by atoms with E-state index in [0.29, 0.717) is 21.6 Å². The van der Waals surface area contributed by atoms with Crippen molar-refractivity contribution in [1.82, 2.24) is 20.7 Å². The Bertz CT molecular complexity index is 978. The number of nitrogens with zero attached hydrogens (tertiary/aromatic N) is 4. The molecule has 0 aliphatic carbocycles.